The molecule has 1 aliphatic rings. The minimum absolute atomic E-state index is 0.00607. The molecule has 0 amide bonds. The molecule has 0 bridgehead atoms. The maximum Gasteiger partial charge on any atom is 0.416 e. The maximum absolute atomic E-state index is 13.2. The molecule has 1 aliphatic carbocycles. The van der Waals surface area contributed by atoms with E-state index in [0.29, 0.717) is 35.4 Å². The van der Waals surface area contributed by atoms with E-state index >= 15 is 0 Å². The summed E-state index contributed by atoms with van der Waals surface area (Å²) in [5.41, 5.74) is 3.37. The van der Waals surface area contributed by atoms with Crippen molar-refractivity contribution in [3.63, 3.8) is 0 Å². The zero-order chi connectivity index (χ0) is 25.3. The molecule has 1 aromatic heterocycles. The van der Waals surface area contributed by atoms with E-state index in [1.807, 2.05) is 32.0 Å². The standard InChI is InChI=1S/C27H26F3NO3S/c1-15(2)24-23(35-25(31-24)16-7-9-19(10-8-16)27(28,29)30)12-11-22(32)20-6-4-5-17-13-18(14-21(17)20)26(33)34-3/h4-10,15,18H,11-14H2,1-3H3. The van der Waals surface area contributed by atoms with E-state index in [2.05, 4.69) is 0 Å². The van der Waals surface area contributed by atoms with E-state index in [-0.39, 0.29) is 30.0 Å². The van der Waals surface area contributed by atoms with E-state index in [1.54, 1.807) is 0 Å². The first-order chi connectivity index (χ1) is 16.6. The fraction of sp³-hybridized carbons (Fsp3) is 0.370. The smallest absolute Gasteiger partial charge is 0.416 e. The molecule has 1 unspecified atom stereocenters. The van der Waals surface area contributed by atoms with Crippen LogP contribution in [0.4, 0.5) is 13.2 Å². The number of carbonyl (C=O) groups is 2. The Morgan fingerprint density at radius 3 is 2.46 bits per heavy atom. The number of esters is 1. The van der Waals surface area contributed by atoms with Crippen LogP contribution in [0.3, 0.4) is 0 Å². The molecule has 0 spiro atoms. The van der Waals surface area contributed by atoms with Gasteiger partial charge in [-0.05, 0) is 48.4 Å². The maximum atomic E-state index is 13.2. The van der Waals surface area contributed by atoms with Crippen LogP contribution in [0.25, 0.3) is 10.6 Å². The Hall–Kier alpha value is -3.00. The van der Waals surface area contributed by atoms with Crippen LogP contribution in [0, 0.1) is 5.92 Å². The van der Waals surface area contributed by atoms with E-state index in [0.717, 1.165) is 33.8 Å². The van der Waals surface area contributed by atoms with Crippen LogP contribution in [0.5, 0.6) is 0 Å². The predicted octanol–water partition coefficient (Wildman–Crippen LogP) is 6.66. The van der Waals surface area contributed by atoms with Crippen molar-refractivity contribution in [1.29, 1.82) is 0 Å². The van der Waals surface area contributed by atoms with Crippen molar-refractivity contribution >= 4 is 23.1 Å². The molecule has 2 aromatic carbocycles. The van der Waals surface area contributed by atoms with Crippen LogP contribution in [-0.2, 0) is 35.0 Å². The molecule has 4 nitrogen and oxygen atoms in total. The molecule has 0 fully saturated rings. The molecule has 1 atom stereocenters. The molecular weight excluding hydrogens is 475 g/mol. The molecular formula is C27H26F3NO3S. The van der Waals surface area contributed by atoms with Gasteiger partial charge in [0.25, 0.3) is 0 Å². The predicted molar refractivity (Wildman–Crippen MR) is 129 cm³/mol. The van der Waals surface area contributed by atoms with E-state index in [9.17, 15) is 22.8 Å². The SMILES string of the molecule is COC(=O)C1Cc2cccc(C(=O)CCc3sc(-c4ccc(C(F)(F)F)cc4)nc3C(C)C)c2C1. The molecule has 184 valence electrons. The van der Waals surface area contributed by atoms with Gasteiger partial charge in [-0.1, -0.05) is 44.2 Å². The minimum Gasteiger partial charge on any atom is -0.469 e. The molecule has 4 rings (SSSR count). The van der Waals surface area contributed by atoms with Gasteiger partial charge >= 0.3 is 12.1 Å². The lowest BCUT2D eigenvalue weighted by Gasteiger charge is -2.09. The number of aryl methyl sites for hydroxylation is 1. The number of benzene rings is 2. The number of nitrogens with zero attached hydrogens (tertiary/aromatic N) is 1. The van der Waals surface area contributed by atoms with Gasteiger partial charge in [0.2, 0.25) is 0 Å². The number of hydrogen-bond acceptors (Lipinski definition) is 5. The fourth-order valence-corrected chi connectivity index (χ4v) is 5.75. The number of rotatable bonds is 7. The molecule has 0 N–H and O–H groups in total. The highest BCUT2D eigenvalue weighted by Gasteiger charge is 2.32. The second-order valence-electron chi connectivity index (χ2n) is 9.05. The number of carbonyl (C=O) groups excluding carboxylic acids is 2. The third kappa shape index (κ3) is 5.32. The number of methoxy groups -OCH3 is 1. The molecule has 3 aromatic rings. The van der Waals surface area contributed by atoms with Gasteiger partial charge in [0.05, 0.1) is 24.3 Å². The third-order valence-corrected chi connectivity index (χ3v) is 7.52. The summed E-state index contributed by atoms with van der Waals surface area (Å²) in [6.45, 7) is 4.02. The highest BCUT2D eigenvalue weighted by Crippen LogP contribution is 2.36. The summed E-state index contributed by atoms with van der Waals surface area (Å²) in [6, 6.07) is 10.6. The van der Waals surface area contributed by atoms with Crippen LogP contribution in [0.1, 0.15) is 63.8 Å². The topological polar surface area (TPSA) is 56.3 Å². The van der Waals surface area contributed by atoms with Crippen LogP contribution in [0.2, 0.25) is 0 Å². The number of halogens is 3. The van der Waals surface area contributed by atoms with Gasteiger partial charge in [-0.25, -0.2) is 4.98 Å². The number of fused-ring (bicyclic) bond motifs is 1. The van der Waals surface area contributed by atoms with Gasteiger partial charge in [0, 0.05) is 22.4 Å². The molecule has 8 heteroatoms. The van der Waals surface area contributed by atoms with Crippen LogP contribution >= 0.6 is 11.3 Å². The number of ketones is 1. The molecule has 0 saturated carbocycles. The first-order valence-corrected chi connectivity index (χ1v) is 12.3. The molecule has 0 saturated heterocycles. The van der Waals surface area contributed by atoms with Crippen LogP contribution < -0.4 is 0 Å². The first-order valence-electron chi connectivity index (χ1n) is 11.5. The zero-order valence-electron chi connectivity index (χ0n) is 19.7. The second-order valence-corrected chi connectivity index (χ2v) is 10.1. The summed E-state index contributed by atoms with van der Waals surface area (Å²) in [5.74, 6) is -0.404. The normalized spacial score (nSPS) is 15.3. The number of hydrogen-bond donors (Lipinski definition) is 0. The van der Waals surface area contributed by atoms with Gasteiger partial charge in [-0.2, -0.15) is 13.2 Å². The zero-order valence-corrected chi connectivity index (χ0v) is 20.6. The molecule has 0 aliphatic heterocycles. The average molecular weight is 502 g/mol. The number of thiazole rings is 1. The summed E-state index contributed by atoms with van der Waals surface area (Å²) in [5, 5.41) is 0.645. The van der Waals surface area contributed by atoms with Gasteiger partial charge in [-0.15, -0.1) is 11.3 Å². The Kier molecular flexibility index (Phi) is 7.12. The lowest BCUT2D eigenvalue weighted by molar-refractivity contribution is -0.145. The second kappa shape index (κ2) is 9.93. The van der Waals surface area contributed by atoms with Crippen molar-refractivity contribution < 1.29 is 27.5 Å². The van der Waals surface area contributed by atoms with Crippen molar-refractivity contribution in [2.75, 3.05) is 7.11 Å². The number of alkyl halides is 3. The summed E-state index contributed by atoms with van der Waals surface area (Å²) in [4.78, 5) is 30.8. The van der Waals surface area contributed by atoms with E-state index < -0.39 is 11.7 Å². The van der Waals surface area contributed by atoms with Crippen molar-refractivity contribution in [3.05, 3.63) is 75.3 Å². The van der Waals surface area contributed by atoms with Gasteiger partial charge in [0.1, 0.15) is 5.01 Å². The Morgan fingerprint density at radius 2 is 1.83 bits per heavy atom. The van der Waals surface area contributed by atoms with Gasteiger partial charge in [0.15, 0.2) is 5.78 Å². The average Bonchev–Trinajstić information content (AvgIpc) is 3.46. The highest BCUT2D eigenvalue weighted by molar-refractivity contribution is 7.15. The van der Waals surface area contributed by atoms with Gasteiger partial charge < -0.3 is 4.74 Å². The quantitative estimate of drug-likeness (QED) is 0.269. The Balaban J connectivity index is 1.52. The first kappa shape index (κ1) is 25.1. The summed E-state index contributed by atoms with van der Waals surface area (Å²) < 4.78 is 43.6. The van der Waals surface area contributed by atoms with Crippen LogP contribution in [-0.4, -0.2) is 23.8 Å². The Morgan fingerprint density at radius 1 is 1.11 bits per heavy atom. The fourth-order valence-electron chi connectivity index (χ4n) is 4.53. The summed E-state index contributed by atoms with van der Waals surface area (Å²) >= 11 is 1.42. The third-order valence-electron chi connectivity index (χ3n) is 6.34. The monoisotopic (exact) mass is 501 g/mol. The van der Waals surface area contributed by atoms with Crippen LogP contribution in [0.15, 0.2) is 42.5 Å². The Labute approximate surface area is 206 Å². The lowest BCUT2D eigenvalue weighted by Crippen LogP contribution is -2.16. The lowest BCUT2D eigenvalue weighted by atomic mass is 9.96. The van der Waals surface area contributed by atoms with E-state index in [4.69, 9.17) is 9.72 Å². The summed E-state index contributed by atoms with van der Waals surface area (Å²) in [7, 11) is 1.37. The minimum atomic E-state index is -4.38. The number of Topliss-reactive ketones (excluding diaryl/α,β-unsaturated/α-hetero) is 1. The van der Waals surface area contributed by atoms with Crippen molar-refractivity contribution in [2.45, 2.75) is 51.6 Å². The Bertz CT molecular complexity index is 1250. The van der Waals surface area contributed by atoms with Crippen molar-refractivity contribution in [1.82, 2.24) is 4.98 Å². The largest absolute Gasteiger partial charge is 0.469 e. The number of aromatic nitrogens is 1. The van der Waals surface area contributed by atoms with E-state index in [1.165, 1.54) is 30.6 Å². The molecule has 35 heavy (non-hydrogen) atoms. The molecule has 1 heterocycles. The van der Waals surface area contributed by atoms with Crippen molar-refractivity contribution in [3.8, 4) is 10.6 Å². The van der Waals surface area contributed by atoms with Gasteiger partial charge in [-0.3, -0.25) is 9.59 Å². The number of ether oxygens (including phenoxy) is 1. The summed E-state index contributed by atoms with van der Waals surface area (Å²) in [6.07, 6.45) is -2.53. The molecule has 0 radical (unpaired) electrons. The van der Waals surface area contributed by atoms with Crippen molar-refractivity contribution in [2.24, 2.45) is 5.92 Å². The highest BCUT2D eigenvalue weighted by atomic mass is 32.1.